The van der Waals surface area contributed by atoms with Crippen LogP contribution in [0.3, 0.4) is 0 Å². The molecule has 18 heavy (non-hydrogen) atoms. The maximum absolute atomic E-state index is 4.05. The summed E-state index contributed by atoms with van der Waals surface area (Å²) >= 11 is 0. The van der Waals surface area contributed by atoms with Crippen LogP contribution in [0.5, 0.6) is 0 Å². The van der Waals surface area contributed by atoms with Crippen molar-refractivity contribution in [2.24, 2.45) is 0 Å². The highest BCUT2D eigenvalue weighted by Gasteiger charge is 2.08. The van der Waals surface area contributed by atoms with Crippen molar-refractivity contribution < 1.29 is 0 Å². The third-order valence-electron chi connectivity index (χ3n) is 3.14. The largest absolute Gasteiger partial charge is 0.282 e. The van der Waals surface area contributed by atoms with Gasteiger partial charge in [0.2, 0.25) is 0 Å². The molecule has 0 bridgehead atoms. The topological polar surface area (TPSA) is 70.2 Å². The summed E-state index contributed by atoms with van der Waals surface area (Å²) in [5, 5.41) is 13.6. The number of hydrogen-bond donors (Lipinski definition) is 2. The third kappa shape index (κ3) is 2.25. The predicted octanol–water partition coefficient (Wildman–Crippen LogP) is 2.25. The Kier molecular flexibility index (Phi) is 3.04. The van der Waals surface area contributed by atoms with Crippen molar-refractivity contribution in [3.8, 4) is 0 Å². The summed E-state index contributed by atoms with van der Waals surface area (Å²) in [5.41, 5.74) is 4.69. The average molecular weight is 241 g/mol. The molecule has 0 aromatic carbocycles. The van der Waals surface area contributed by atoms with E-state index < -0.39 is 0 Å². The molecule has 3 aromatic rings. The predicted molar refractivity (Wildman–Crippen MR) is 69.1 cm³/mol. The molecule has 3 heterocycles. The first-order chi connectivity index (χ1) is 8.93. The number of aromatic amines is 2. The van der Waals surface area contributed by atoms with Gasteiger partial charge in [-0.3, -0.25) is 15.2 Å². The highest BCUT2D eigenvalue weighted by Crippen LogP contribution is 2.17. The van der Waals surface area contributed by atoms with E-state index in [1.54, 1.807) is 12.4 Å². The second kappa shape index (κ2) is 5.00. The van der Waals surface area contributed by atoms with Gasteiger partial charge in [-0.2, -0.15) is 10.2 Å². The van der Waals surface area contributed by atoms with Gasteiger partial charge < -0.3 is 0 Å². The van der Waals surface area contributed by atoms with Crippen molar-refractivity contribution in [3.05, 3.63) is 42.0 Å². The highest BCUT2D eigenvalue weighted by atomic mass is 15.1. The van der Waals surface area contributed by atoms with E-state index in [2.05, 4.69) is 25.4 Å². The van der Waals surface area contributed by atoms with Gasteiger partial charge in [0.25, 0.3) is 0 Å². The smallest absolute Gasteiger partial charge is 0.108 e. The van der Waals surface area contributed by atoms with E-state index in [0.717, 1.165) is 11.0 Å². The van der Waals surface area contributed by atoms with Crippen LogP contribution in [0, 0.1) is 0 Å². The molecule has 2 N–H and O–H groups in total. The molecule has 1 aliphatic rings. The van der Waals surface area contributed by atoms with Crippen LogP contribution in [0.1, 0.15) is 24.1 Å². The van der Waals surface area contributed by atoms with E-state index in [-0.39, 0.29) is 0 Å². The number of hydrogen-bond acceptors (Lipinski definition) is 3. The number of nitrogens with one attached hydrogen (secondary N) is 2. The zero-order valence-electron chi connectivity index (χ0n) is 10.1. The maximum atomic E-state index is 4.05. The van der Waals surface area contributed by atoms with Gasteiger partial charge in [0.05, 0.1) is 17.9 Å². The van der Waals surface area contributed by atoms with Crippen LogP contribution in [0.25, 0.3) is 11.0 Å². The van der Waals surface area contributed by atoms with Gasteiger partial charge in [-0.1, -0.05) is 0 Å². The normalized spacial score (nSPS) is 13.8. The lowest BCUT2D eigenvalue weighted by Gasteiger charge is -2.07. The quantitative estimate of drug-likeness (QED) is 0.634. The molecule has 1 aliphatic carbocycles. The van der Waals surface area contributed by atoms with Crippen LogP contribution >= 0.6 is 0 Å². The minimum Gasteiger partial charge on any atom is -0.282 e. The SMILES string of the molecule is c1cnc2cn[nH]c2c1.c1n[nH]c2c1CCCC2. The van der Waals surface area contributed by atoms with Crippen LogP contribution in [-0.4, -0.2) is 25.4 Å². The molecule has 3 aromatic heterocycles. The molecule has 0 aliphatic heterocycles. The lowest BCUT2D eigenvalue weighted by atomic mass is 9.99. The van der Waals surface area contributed by atoms with E-state index in [1.807, 2.05) is 18.3 Å². The van der Waals surface area contributed by atoms with Gasteiger partial charge in [0.15, 0.2) is 0 Å². The van der Waals surface area contributed by atoms with Gasteiger partial charge in [-0.15, -0.1) is 0 Å². The molecule has 0 atom stereocenters. The van der Waals surface area contributed by atoms with Gasteiger partial charge >= 0.3 is 0 Å². The molecule has 4 rings (SSSR count). The summed E-state index contributed by atoms with van der Waals surface area (Å²) in [6, 6.07) is 3.82. The summed E-state index contributed by atoms with van der Waals surface area (Å²) in [7, 11) is 0. The molecule has 0 radical (unpaired) electrons. The minimum absolute atomic E-state index is 0.914. The van der Waals surface area contributed by atoms with Gasteiger partial charge in [0.1, 0.15) is 5.52 Å². The lowest BCUT2D eigenvalue weighted by molar-refractivity contribution is 0.675. The monoisotopic (exact) mass is 241 g/mol. The zero-order valence-corrected chi connectivity index (χ0v) is 10.1. The number of rotatable bonds is 0. The third-order valence-corrected chi connectivity index (χ3v) is 3.14. The van der Waals surface area contributed by atoms with Crippen LogP contribution in [0.4, 0.5) is 0 Å². The first-order valence-electron chi connectivity index (χ1n) is 6.19. The molecular weight excluding hydrogens is 226 g/mol. The average Bonchev–Trinajstić information content (AvgIpc) is 3.08. The molecule has 0 fully saturated rings. The van der Waals surface area contributed by atoms with Crippen LogP contribution in [-0.2, 0) is 12.8 Å². The van der Waals surface area contributed by atoms with E-state index >= 15 is 0 Å². The van der Waals surface area contributed by atoms with Crippen molar-refractivity contribution in [1.29, 1.82) is 0 Å². The standard InChI is InChI=1S/C7H10N2.C6H5N3/c1-2-4-7-6(3-1)5-8-9-7;1-2-5-6(7-3-1)4-8-9-5/h5H,1-4H2,(H,8,9);1-4H,(H,8,9). The molecule has 5 nitrogen and oxygen atoms in total. The van der Waals surface area contributed by atoms with Crippen LogP contribution in [0.2, 0.25) is 0 Å². The molecule has 0 unspecified atom stereocenters. The van der Waals surface area contributed by atoms with Crippen molar-refractivity contribution in [2.75, 3.05) is 0 Å². The number of H-pyrrole nitrogens is 2. The van der Waals surface area contributed by atoms with Gasteiger partial charge in [0, 0.05) is 11.9 Å². The fourth-order valence-electron chi connectivity index (χ4n) is 2.16. The summed E-state index contributed by atoms with van der Waals surface area (Å²) in [5.74, 6) is 0. The van der Waals surface area contributed by atoms with E-state index in [4.69, 9.17) is 0 Å². The van der Waals surface area contributed by atoms with Crippen molar-refractivity contribution >= 4 is 11.0 Å². The molecule has 92 valence electrons. The Labute approximate surface area is 105 Å². The Morgan fingerprint density at radius 3 is 2.78 bits per heavy atom. The maximum Gasteiger partial charge on any atom is 0.108 e. The Morgan fingerprint density at radius 1 is 1.00 bits per heavy atom. The Morgan fingerprint density at radius 2 is 1.89 bits per heavy atom. The fourth-order valence-corrected chi connectivity index (χ4v) is 2.16. The molecule has 0 saturated carbocycles. The second-order valence-corrected chi connectivity index (χ2v) is 4.39. The molecular formula is C13H15N5. The second-order valence-electron chi connectivity index (χ2n) is 4.39. The van der Waals surface area contributed by atoms with Gasteiger partial charge in [-0.25, -0.2) is 0 Å². The van der Waals surface area contributed by atoms with Crippen LogP contribution in [0.15, 0.2) is 30.7 Å². The number of aromatic nitrogens is 5. The van der Waals surface area contributed by atoms with Crippen molar-refractivity contribution in [3.63, 3.8) is 0 Å². The molecule has 0 spiro atoms. The summed E-state index contributed by atoms with van der Waals surface area (Å²) in [4.78, 5) is 4.05. The van der Waals surface area contributed by atoms with Crippen molar-refractivity contribution in [1.82, 2.24) is 25.4 Å². The van der Waals surface area contributed by atoms with E-state index in [1.165, 1.54) is 36.9 Å². The number of pyridine rings is 1. The lowest BCUT2D eigenvalue weighted by Crippen LogP contribution is -1.99. The summed E-state index contributed by atoms with van der Waals surface area (Å²) in [6.45, 7) is 0. The zero-order chi connectivity index (χ0) is 12.2. The molecule has 0 amide bonds. The number of aryl methyl sites for hydroxylation is 2. The Bertz CT molecular complexity index is 574. The number of nitrogens with zero attached hydrogens (tertiary/aromatic N) is 3. The Hall–Kier alpha value is -2.17. The first-order valence-corrected chi connectivity index (χ1v) is 6.19. The van der Waals surface area contributed by atoms with Gasteiger partial charge in [-0.05, 0) is 43.4 Å². The van der Waals surface area contributed by atoms with Crippen molar-refractivity contribution in [2.45, 2.75) is 25.7 Å². The molecule has 0 saturated heterocycles. The summed E-state index contributed by atoms with van der Waals surface area (Å²) < 4.78 is 0. The van der Waals surface area contributed by atoms with E-state index in [9.17, 15) is 0 Å². The van der Waals surface area contributed by atoms with E-state index in [0.29, 0.717) is 0 Å². The highest BCUT2D eigenvalue weighted by molar-refractivity contribution is 5.72. The number of fused-ring (bicyclic) bond motifs is 2. The van der Waals surface area contributed by atoms with Crippen LogP contribution < -0.4 is 0 Å². The minimum atomic E-state index is 0.914. The summed E-state index contributed by atoms with van der Waals surface area (Å²) in [6.07, 6.45) is 10.5. The Balaban J connectivity index is 0.000000111. The fraction of sp³-hybridized carbons (Fsp3) is 0.308. The molecule has 5 heteroatoms. The first kappa shape index (κ1) is 11.0.